The summed E-state index contributed by atoms with van der Waals surface area (Å²) in [7, 11) is 0. The summed E-state index contributed by atoms with van der Waals surface area (Å²) in [5.74, 6) is 0.811. The zero-order valence-corrected chi connectivity index (χ0v) is 16.2. The molecule has 0 unspecified atom stereocenters. The predicted octanol–water partition coefficient (Wildman–Crippen LogP) is 3.65. The van der Waals surface area contributed by atoms with Crippen LogP contribution in [0, 0.1) is 0 Å². The van der Waals surface area contributed by atoms with E-state index in [1.54, 1.807) is 6.20 Å². The van der Waals surface area contributed by atoms with Crippen LogP contribution in [0.25, 0.3) is 0 Å². The number of halogens is 2. The quantitative estimate of drug-likeness (QED) is 0.406. The van der Waals surface area contributed by atoms with Crippen LogP contribution in [-0.4, -0.2) is 24.0 Å². The second kappa shape index (κ2) is 11.2. The van der Waals surface area contributed by atoms with Crippen molar-refractivity contribution in [1.82, 2.24) is 15.6 Å². The highest BCUT2D eigenvalue weighted by molar-refractivity contribution is 14.0. The molecule has 124 valence electrons. The molecule has 4 nitrogen and oxygen atoms in total. The van der Waals surface area contributed by atoms with Crippen LogP contribution in [-0.2, 0) is 13.0 Å². The fourth-order valence-corrected chi connectivity index (χ4v) is 2.23. The van der Waals surface area contributed by atoms with Crippen LogP contribution in [0.4, 0.5) is 0 Å². The standard InChI is InChI=1S/C17H21ClN4.HI/c1-2-20-17(21-10-8-14-6-4-9-19-12-14)22-13-15-5-3-7-16(18)11-15;/h3-7,9,11-12H,2,8,10,13H2,1H3,(H2,20,21,22);1H. The average Bonchev–Trinajstić information content (AvgIpc) is 2.54. The molecule has 1 heterocycles. The number of pyridine rings is 1. The Morgan fingerprint density at radius 3 is 2.70 bits per heavy atom. The molecule has 1 aromatic carbocycles. The van der Waals surface area contributed by atoms with Crippen molar-refractivity contribution in [3.8, 4) is 0 Å². The first kappa shape index (κ1) is 19.7. The van der Waals surface area contributed by atoms with Gasteiger partial charge in [0.25, 0.3) is 0 Å². The van der Waals surface area contributed by atoms with Gasteiger partial charge in [0.15, 0.2) is 5.96 Å². The summed E-state index contributed by atoms with van der Waals surface area (Å²) in [4.78, 5) is 8.69. The lowest BCUT2D eigenvalue weighted by atomic mass is 10.2. The maximum atomic E-state index is 5.99. The molecule has 0 radical (unpaired) electrons. The van der Waals surface area contributed by atoms with Gasteiger partial charge in [0.2, 0.25) is 0 Å². The van der Waals surface area contributed by atoms with E-state index >= 15 is 0 Å². The van der Waals surface area contributed by atoms with Crippen LogP contribution in [0.1, 0.15) is 18.1 Å². The Bertz CT molecular complexity index is 605. The Morgan fingerprint density at radius 2 is 2.00 bits per heavy atom. The summed E-state index contributed by atoms with van der Waals surface area (Å²) in [6.45, 7) is 4.29. The van der Waals surface area contributed by atoms with E-state index in [0.717, 1.165) is 36.1 Å². The van der Waals surface area contributed by atoms with Gasteiger partial charge >= 0.3 is 0 Å². The minimum absolute atomic E-state index is 0. The van der Waals surface area contributed by atoms with Crippen molar-refractivity contribution < 1.29 is 0 Å². The van der Waals surface area contributed by atoms with E-state index in [2.05, 4.69) is 33.6 Å². The summed E-state index contributed by atoms with van der Waals surface area (Å²) in [6.07, 6.45) is 4.58. The SMILES string of the molecule is CCNC(=NCc1cccc(Cl)c1)NCCc1cccnc1.I. The van der Waals surface area contributed by atoms with Crippen LogP contribution < -0.4 is 10.6 Å². The van der Waals surface area contributed by atoms with Crippen LogP contribution >= 0.6 is 35.6 Å². The Kier molecular flexibility index (Phi) is 9.63. The third-order valence-electron chi connectivity index (χ3n) is 3.08. The molecule has 1 aromatic heterocycles. The molecular weight excluding hydrogens is 423 g/mol. The van der Waals surface area contributed by atoms with Gasteiger partial charge in [-0.3, -0.25) is 4.98 Å². The lowest BCUT2D eigenvalue weighted by Gasteiger charge is -2.11. The lowest BCUT2D eigenvalue weighted by molar-refractivity contribution is 0.798. The van der Waals surface area contributed by atoms with Crippen molar-refractivity contribution in [3.63, 3.8) is 0 Å². The van der Waals surface area contributed by atoms with Crippen molar-refractivity contribution in [1.29, 1.82) is 0 Å². The van der Waals surface area contributed by atoms with E-state index in [1.807, 2.05) is 36.5 Å². The minimum Gasteiger partial charge on any atom is -0.357 e. The fraction of sp³-hybridized carbons (Fsp3) is 0.294. The summed E-state index contributed by atoms with van der Waals surface area (Å²) < 4.78 is 0. The van der Waals surface area contributed by atoms with Crippen LogP contribution in [0.15, 0.2) is 53.8 Å². The van der Waals surface area contributed by atoms with Gasteiger partial charge in [0.1, 0.15) is 0 Å². The Balaban J connectivity index is 0.00000264. The number of nitrogens with zero attached hydrogens (tertiary/aromatic N) is 2. The molecule has 2 N–H and O–H groups in total. The maximum Gasteiger partial charge on any atom is 0.191 e. The van der Waals surface area contributed by atoms with Crippen molar-refractivity contribution >= 4 is 41.5 Å². The first-order valence-electron chi connectivity index (χ1n) is 7.43. The highest BCUT2D eigenvalue weighted by Crippen LogP contribution is 2.11. The van der Waals surface area contributed by atoms with Crippen molar-refractivity contribution in [2.45, 2.75) is 19.9 Å². The lowest BCUT2D eigenvalue weighted by Crippen LogP contribution is -2.38. The second-order valence-corrected chi connectivity index (χ2v) is 5.30. The van der Waals surface area contributed by atoms with Gasteiger partial charge in [-0.25, -0.2) is 4.99 Å². The Hall–Kier alpha value is -1.34. The number of hydrogen-bond acceptors (Lipinski definition) is 2. The zero-order valence-electron chi connectivity index (χ0n) is 13.1. The molecule has 23 heavy (non-hydrogen) atoms. The second-order valence-electron chi connectivity index (χ2n) is 4.86. The zero-order chi connectivity index (χ0) is 15.6. The summed E-state index contributed by atoms with van der Waals surface area (Å²) in [5.41, 5.74) is 2.30. The van der Waals surface area contributed by atoms with E-state index in [9.17, 15) is 0 Å². The van der Waals surface area contributed by atoms with E-state index < -0.39 is 0 Å². The summed E-state index contributed by atoms with van der Waals surface area (Å²) >= 11 is 5.99. The highest BCUT2D eigenvalue weighted by atomic mass is 127. The Labute approximate surface area is 159 Å². The molecule has 0 spiro atoms. The van der Waals surface area contributed by atoms with Crippen LogP contribution in [0.5, 0.6) is 0 Å². The molecular formula is C17H22ClIN4. The van der Waals surface area contributed by atoms with Gasteiger partial charge < -0.3 is 10.6 Å². The number of aromatic nitrogens is 1. The topological polar surface area (TPSA) is 49.3 Å². The number of benzene rings is 1. The largest absolute Gasteiger partial charge is 0.357 e. The van der Waals surface area contributed by atoms with Gasteiger partial charge in [-0.15, -0.1) is 24.0 Å². The smallest absolute Gasteiger partial charge is 0.191 e. The van der Waals surface area contributed by atoms with Crippen molar-refractivity contribution in [2.24, 2.45) is 4.99 Å². The van der Waals surface area contributed by atoms with Gasteiger partial charge in [0.05, 0.1) is 6.54 Å². The van der Waals surface area contributed by atoms with E-state index in [1.165, 1.54) is 5.56 Å². The van der Waals surface area contributed by atoms with E-state index in [-0.39, 0.29) is 24.0 Å². The first-order valence-corrected chi connectivity index (χ1v) is 7.81. The van der Waals surface area contributed by atoms with Crippen molar-refractivity contribution in [2.75, 3.05) is 13.1 Å². The molecule has 6 heteroatoms. The van der Waals surface area contributed by atoms with Crippen LogP contribution in [0.3, 0.4) is 0 Å². The monoisotopic (exact) mass is 444 g/mol. The molecule has 2 rings (SSSR count). The van der Waals surface area contributed by atoms with E-state index in [0.29, 0.717) is 6.54 Å². The third-order valence-corrected chi connectivity index (χ3v) is 3.32. The molecule has 0 atom stereocenters. The fourth-order valence-electron chi connectivity index (χ4n) is 2.02. The number of guanidine groups is 1. The molecule has 0 amide bonds. The summed E-state index contributed by atoms with van der Waals surface area (Å²) in [6, 6.07) is 11.8. The van der Waals surface area contributed by atoms with Gasteiger partial charge in [0, 0.05) is 30.5 Å². The molecule has 0 aliphatic carbocycles. The third kappa shape index (κ3) is 7.65. The normalized spacial score (nSPS) is 10.8. The minimum atomic E-state index is 0. The first-order chi connectivity index (χ1) is 10.8. The number of rotatable bonds is 6. The highest BCUT2D eigenvalue weighted by Gasteiger charge is 1.99. The molecule has 0 fully saturated rings. The maximum absolute atomic E-state index is 5.99. The molecule has 0 saturated carbocycles. The van der Waals surface area contributed by atoms with Gasteiger partial charge in [-0.1, -0.05) is 29.8 Å². The molecule has 0 bridgehead atoms. The molecule has 0 aliphatic heterocycles. The number of hydrogen-bond donors (Lipinski definition) is 2. The number of aliphatic imine (C=N–C) groups is 1. The summed E-state index contributed by atoms with van der Waals surface area (Å²) in [5, 5.41) is 7.31. The average molecular weight is 445 g/mol. The van der Waals surface area contributed by atoms with Gasteiger partial charge in [-0.2, -0.15) is 0 Å². The number of nitrogens with one attached hydrogen (secondary N) is 2. The molecule has 0 aliphatic rings. The molecule has 0 saturated heterocycles. The van der Waals surface area contributed by atoms with Crippen LogP contribution in [0.2, 0.25) is 5.02 Å². The Morgan fingerprint density at radius 1 is 1.17 bits per heavy atom. The van der Waals surface area contributed by atoms with Crippen molar-refractivity contribution in [3.05, 3.63) is 64.9 Å². The predicted molar refractivity (Wildman–Crippen MR) is 108 cm³/mol. The van der Waals surface area contributed by atoms with E-state index in [4.69, 9.17) is 11.6 Å². The van der Waals surface area contributed by atoms with Gasteiger partial charge in [-0.05, 0) is 42.7 Å². The molecule has 2 aromatic rings.